The minimum Gasteiger partial charge on any atom is -0.160 e. The molecular formula is C7H7F3S. The molecule has 0 N–H and O–H groups in total. The van der Waals surface area contributed by atoms with Crippen LogP contribution in [0.4, 0.5) is 13.2 Å². The summed E-state index contributed by atoms with van der Waals surface area (Å²) in [5.41, 5.74) is -4.13. The highest BCUT2D eigenvalue weighted by molar-refractivity contribution is 8.03. The summed E-state index contributed by atoms with van der Waals surface area (Å²) in [5.74, 6) is 0. The molecule has 0 unspecified atom stereocenters. The Balaban J connectivity index is 2.49. The lowest BCUT2D eigenvalue weighted by atomic mass is 10.2. The molecule has 0 aliphatic heterocycles. The van der Waals surface area contributed by atoms with Gasteiger partial charge in [-0.25, -0.2) is 0 Å². The molecule has 0 aromatic rings. The van der Waals surface area contributed by atoms with E-state index in [4.69, 9.17) is 0 Å². The lowest BCUT2D eigenvalue weighted by Gasteiger charge is -2.09. The van der Waals surface area contributed by atoms with Gasteiger partial charge in [0.2, 0.25) is 0 Å². The van der Waals surface area contributed by atoms with E-state index in [0.717, 1.165) is 6.42 Å². The fraction of sp³-hybridized carbons (Fsp3) is 0.429. The number of thioether (sulfide) groups is 1. The van der Waals surface area contributed by atoms with E-state index in [-0.39, 0.29) is 11.8 Å². The van der Waals surface area contributed by atoms with Crippen molar-refractivity contribution in [2.24, 2.45) is 0 Å². The predicted molar refractivity (Wildman–Crippen MR) is 40.1 cm³/mol. The molecule has 0 radical (unpaired) electrons. The number of alkyl halides is 3. The van der Waals surface area contributed by atoms with Crippen molar-refractivity contribution >= 4 is 11.8 Å². The molecule has 4 heteroatoms. The van der Waals surface area contributed by atoms with E-state index in [2.05, 4.69) is 0 Å². The summed E-state index contributed by atoms with van der Waals surface area (Å²) in [6.45, 7) is 0. The van der Waals surface area contributed by atoms with Crippen LogP contribution in [0.2, 0.25) is 0 Å². The molecular weight excluding hydrogens is 173 g/mol. The molecule has 1 aliphatic carbocycles. The molecule has 0 amide bonds. The normalized spacial score (nSPS) is 18.3. The second-order valence-electron chi connectivity index (χ2n) is 2.15. The van der Waals surface area contributed by atoms with E-state index in [0.29, 0.717) is 11.3 Å². The highest BCUT2D eigenvalue weighted by atomic mass is 32.2. The number of hydrogen-bond acceptors (Lipinski definition) is 1. The van der Waals surface area contributed by atoms with Gasteiger partial charge in [0.1, 0.15) is 0 Å². The minimum atomic E-state index is -4.13. The van der Waals surface area contributed by atoms with Crippen LogP contribution in [0.1, 0.15) is 12.8 Å². The van der Waals surface area contributed by atoms with Gasteiger partial charge in [-0.3, -0.25) is 0 Å². The lowest BCUT2D eigenvalue weighted by Crippen LogP contribution is -2.00. The van der Waals surface area contributed by atoms with Crippen LogP contribution < -0.4 is 0 Å². The predicted octanol–water partition coefficient (Wildman–Crippen LogP) is 3.47. The van der Waals surface area contributed by atoms with Crippen molar-refractivity contribution in [2.45, 2.75) is 18.3 Å². The van der Waals surface area contributed by atoms with Gasteiger partial charge in [-0.1, -0.05) is 18.2 Å². The van der Waals surface area contributed by atoms with Gasteiger partial charge in [-0.05, 0) is 29.5 Å². The van der Waals surface area contributed by atoms with Crippen molar-refractivity contribution in [1.82, 2.24) is 0 Å². The molecule has 0 aromatic carbocycles. The second-order valence-corrected chi connectivity index (χ2v) is 3.34. The Kier molecular flexibility index (Phi) is 2.65. The van der Waals surface area contributed by atoms with Crippen molar-refractivity contribution in [2.75, 3.05) is 0 Å². The van der Waals surface area contributed by atoms with Crippen LogP contribution in [-0.2, 0) is 0 Å². The first-order chi connectivity index (χ1) is 5.08. The third-order valence-corrected chi connectivity index (χ3v) is 2.06. The first-order valence-corrected chi connectivity index (χ1v) is 4.01. The Morgan fingerprint density at radius 3 is 2.55 bits per heavy atom. The van der Waals surface area contributed by atoms with E-state index in [1.54, 1.807) is 6.08 Å². The van der Waals surface area contributed by atoms with Gasteiger partial charge in [0.25, 0.3) is 0 Å². The molecule has 0 spiro atoms. The second kappa shape index (κ2) is 3.34. The fourth-order valence-corrected chi connectivity index (χ4v) is 1.48. The standard InChI is InChI=1S/C7H7F3S/c8-7(9,10)11-6-4-2-1-3-5-6/h1-2,4H,3,5H2. The average molecular weight is 180 g/mol. The molecule has 11 heavy (non-hydrogen) atoms. The number of hydrogen-bond donors (Lipinski definition) is 0. The lowest BCUT2D eigenvalue weighted by molar-refractivity contribution is -0.0322. The molecule has 0 atom stereocenters. The van der Waals surface area contributed by atoms with E-state index in [1.165, 1.54) is 6.08 Å². The van der Waals surface area contributed by atoms with Crippen LogP contribution >= 0.6 is 11.8 Å². The minimum absolute atomic E-state index is 0.0125. The largest absolute Gasteiger partial charge is 0.446 e. The first kappa shape index (κ1) is 8.71. The Labute approximate surface area is 67.2 Å². The first-order valence-electron chi connectivity index (χ1n) is 3.19. The van der Waals surface area contributed by atoms with Crippen LogP contribution in [0, 0.1) is 0 Å². The van der Waals surface area contributed by atoms with Gasteiger partial charge < -0.3 is 0 Å². The topological polar surface area (TPSA) is 0 Å². The zero-order chi connectivity index (χ0) is 8.32. The average Bonchev–Trinajstić information content (AvgIpc) is 1.85. The number of allylic oxidation sites excluding steroid dienone is 4. The van der Waals surface area contributed by atoms with Gasteiger partial charge in [0.15, 0.2) is 0 Å². The molecule has 0 heterocycles. The SMILES string of the molecule is FC(F)(F)SC1=CC=CCC1. The summed E-state index contributed by atoms with van der Waals surface area (Å²) in [7, 11) is 0. The molecule has 0 saturated carbocycles. The van der Waals surface area contributed by atoms with Gasteiger partial charge in [-0.2, -0.15) is 13.2 Å². The maximum Gasteiger partial charge on any atom is 0.446 e. The third-order valence-electron chi connectivity index (χ3n) is 1.22. The Morgan fingerprint density at radius 2 is 2.09 bits per heavy atom. The summed E-state index contributed by atoms with van der Waals surface area (Å²) in [5, 5.41) is 0. The Hall–Kier alpha value is -0.380. The highest BCUT2D eigenvalue weighted by Gasteiger charge is 2.29. The molecule has 1 aliphatic rings. The van der Waals surface area contributed by atoms with Crippen molar-refractivity contribution in [3.8, 4) is 0 Å². The van der Waals surface area contributed by atoms with Gasteiger partial charge in [0, 0.05) is 0 Å². The van der Waals surface area contributed by atoms with Crippen LogP contribution in [0.5, 0.6) is 0 Å². The molecule has 1 rings (SSSR count). The molecule has 62 valence electrons. The molecule has 0 nitrogen and oxygen atoms in total. The molecule has 0 saturated heterocycles. The summed E-state index contributed by atoms with van der Waals surface area (Å²) >= 11 is -0.0125. The fourth-order valence-electron chi connectivity index (χ4n) is 0.814. The van der Waals surface area contributed by atoms with E-state index in [1.807, 2.05) is 6.08 Å². The van der Waals surface area contributed by atoms with Crippen molar-refractivity contribution < 1.29 is 13.2 Å². The summed E-state index contributed by atoms with van der Waals surface area (Å²) in [4.78, 5) is 0.403. The maximum absolute atomic E-state index is 11.7. The van der Waals surface area contributed by atoms with Crippen LogP contribution in [-0.4, -0.2) is 5.51 Å². The van der Waals surface area contributed by atoms with Crippen molar-refractivity contribution in [3.63, 3.8) is 0 Å². The van der Waals surface area contributed by atoms with E-state index >= 15 is 0 Å². The zero-order valence-electron chi connectivity index (χ0n) is 5.69. The molecule has 0 bridgehead atoms. The highest BCUT2D eigenvalue weighted by Crippen LogP contribution is 2.38. The molecule has 0 aromatic heterocycles. The smallest absolute Gasteiger partial charge is 0.160 e. The van der Waals surface area contributed by atoms with Crippen LogP contribution in [0.3, 0.4) is 0 Å². The Bertz CT molecular complexity index is 190. The van der Waals surface area contributed by atoms with E-state index in [9.17, 15) is 13.2 Å². The number of rotatable bonds is 1. The van der Waals surface area contributed by atoms with Crippen molar-refractivity contribution in [1.29, 1.82) is 0 Å². The third kappa shape index (κ3) is 3.51. The van der Waals surface area contributed by atoms with Gasteiger partial charge >= 0.3 is 5.51 Å². The quantitative estimate of drug-likeness (QED) is 0.595. The maximum atomic E-state index is 11.7. The Morgan fingerprint density at radius 1 is 1.36 bits per heavy atom. The zero-order valence-corrected chi connectivity index (χ0v) is 6.50. The summed E-state index contributed by atoms with van der Waals surface area (Å²) < 4.78 is 35.2. The monoisotopic (exact) mass is 180 g/mol. The van der Waals surface area contributed by atoms with E-state index < -0.39 is 5.51 Å². The van der Waals surface area contributed by atoms with Gasteiger partial charge in [-0.15, -0.1) is 0 Å². The van der Waals surface area contributed by atoms with Crippen molar-refractivity contribution in [3.05, 3.63) is 23.1 Å². The molecule has 0 fully saturated rings. The summed E-state index contributed by atoms with van der Waals surface area (Å²) in [6, 6.07) is 0. The van der Waals surface area contributed by atoms with Gasteiger partial charge in [0.05, 0.1) is 0 Å². The summed E-state index contributed by atoms with van der Waals surface area (Å²) in [6.07, 6.45) is 6.27. The van der Waals surface area contributed by atoms with Crippen LogP contribution in [0.25, 0.3) is 0 Å². The van der Waals surface area contributed by atoms with Crippen LogP contribution in [0.15, 0.2) is 23.1 Å². The number of halogens is 3.